The molecule has 0 aliphatic carbocycles. The van der Waals surface area contributed by atoms with Crippen LogP contribution in [-0.2, 0) is 6.18 Å². The lowest BCUT2D eigenvalue weighted by Crippen LogP contribution is -2.08. The highest BCUT2D eigenvalue weighted by molar-refractivity contribution is 6.33. The van der Waals surface area contributed by atoms with Gasteiger partial charge in [0.25, 0.3) is 0 Å². The van der Waals surface area contributed by atoms with Crippen molar-refractivity contribution in [2.24, 2.45) is 0 Å². The minimum Gasteiger partial charge on any atom is -0.356 e. The number of hydrogen-bond donors (Lipinski definition) is 0. The molecule has 10 heteroatoms. The molecular weight excluding hydrogens is 417 g/mol. The lowest BCUT2D eigenvalue weighted by Gasteiger charge is -2.04. The first-order valence-corrected chi connectivity index (χ1v) is 8.46. The van der Waals surface area contributed by atoms with E-state index in [4.69, 9.17) is 16.1 Å². The fourth-order valence-electron chi connectivity index (χ4n) is 2.78. The summed E-state index contributed by atoms with van der Waals surface area (Å²) in [4.78, 5) is 0. The van der Waals surface area contributed by atoms with Crippen molar-refractivity contribution in [3.63, 3.8) is 0 Å². The maximum Gasteiger partial charge on any atom is 0.435 e. The summed E-state index contributed by atoms with van der Waals surface area (Å²) < 4.78 is 73.9. The molecule has 0 aliphatic rings. The van der Waals surface area contributed by atoms with E-state index in [1.54, 1.807) is 0 Å². The van der Waals surface area contributed by atoms with Crippen molar-refractivity contribution in [2.45, 2.75) is 6.18 Å². The number of rotatable bonds is 3. The van der Waals surface area contributed by atoms with Gasteiger partial charge in [0.2, 0.25) is 0 Å². The Hall–Kier alpha value is -3.20. The third-order valence-electron chi connectivity index (χ3n) is 4.05. The zero-order valence-corrected chi connectivity index (χ0v) is 15.0. The fraction of sp³-hybridized carbons (Fsp3) is 0.0526. The normalized spacial score (nSPS) is 11.8. The average Bonchev–Trinajstić information content (AvgIpc) is 3.28. The molecule has 29 heavy (non-hydrogen) atoms. The molecule has 2 heterocycles. The van der Waals surface area contributed by atoms with Crippen LogP contribution in [0.2, 0.25) is 5.02 Å². The van der Waals surface area contributed by atoms with Crippen LogP contribution >= 0.6 is 11.6 Å². The lowest BCUT2D eigenvalue weighted by atomic mass is 10.1. The fourth-order valence-corrected chi connectivity index (χ4v) is 3.04. The molecule has 0 aliphatic heterocycles. The summed E-state index contributed by atoms with van der Waals surface area (Å²) in [7, 11) is 0. The third kappa shape index (κ3) is 3.61. The van der Waals surface area contributed by atoms with Crippen LogP contribution in [0, 0.1) is 11.6 Å². The SMILES string of the molecule is Fc1cccc(-n2cc(-c3cc(-c4c(F)cccc4Cl)no3)c(C(F)(F)F)n2)c1. The monoisotopic (exact) mass is 425 g/mol. The van der Waals surface area contributed by atoms with Gasteiger partial charge in [-0.15, -0.1) is 0 Å². The Kier molecular flexibility index (Phi) is 4.62. The highest BCUT2D eigenvalue weighted by Crippen LogP contribution is 2.39. The summed E-state index contributed by atoms with van der Waals surface area (Å²) in [6, 6.07) is 9.98. The standard InChI is InChI=1S/C19H9ClF5N3O/c20-13-5-2-6-14(22)17(13)15-8-16(29-27-15)12-9-28(26-18(12)19(23,24)25)11-4-1-3-10(21)7-11/h1-9H. The second-order valence-corrected chi connectivity index (χ2v) is 6.39. The van der Waals surface area contributed by atoms with E-state index in [0.29, 0.717) is 0 Å². The summed E-state index contributed by atoms with van der Waals surface area (Å²) in [5.74, 6) is -1.64. The molecular formula is C19H9ClF5N3O. The summed E-state index contributed by atoms with van der Waals surface area (Å²) in [5, 5.41) is 7.19. The van der Waals surface area contributed by atoms with Gasteiger partial charge in [-0.05, 0) is 30.3 Å². The Labute approximate surface area is 165 Å². The van der Waals surface area contributed by atoms with E-state index >= 15 is 0 Å². The molecule has 4 aromatic rings. The molecule has 0 saturated carbocycles. The topological polar surface area (TPSA) is 43.9 Å². The molecule has 0 atom stereocenters. The van der Waals surface area contributed by atoms with Crippen molar-refractivity contribution in [3.8, 4) is 28.3 Å². The summed E-state index contributed by atoms with van der Waals surface area (Å²) in [5.41, 5.74) is -1.79. The molecule has 0 fully saturated rings. The number of benzene rings is 2. The number of aromatic nitrogens is 3. The maximum absolute atomic E-state index is 14.1. The van der Waals surface area contributed by atoms with Crippen molar-refractivity contribution in [2.75, 3.05) is 0 Å². The predicted octanol–water partition coefficient (Wildman–Crippen LogP) is 6.14. The molecule has 0 saturated heterocycles. The van der Waals surface area contributed by atoms with Gasteiger partial charge in [0, 0.05) is 12.3 Å². The van der Waals surface area contributed by atoms with E-state index in [9.17, 15) is 22.0 Å². The van der Waals surface area contributed by atoms with Crippen molar-refractivity contribution < 1.29 is 26.5 Å². The first-order valence-electron chi connectivity index (χ1n) is 8.08. The number of halogens is 6. The molecule has 0 bridgehead atoms. The largest absolute Gasteiger partial charge is 0.435 e. The van der Waals surface area contributed by atoms with Crippen LogP contribution in [-0.4, -0.2) is 14.9 Å². The Bertz CT molecular complexity index is 1180. The molecule has 4 rings (SSSR count). The second kappa shape index (κ2) is 7.00. The van der Waals surface area contributed by atoms with Crippen LogP contribution in [0.4, 0.5) is 22.0 Å². The van der Waals surface area contributed by atoms with E-state index in [1.807, 2.05) is 0 Å². The van der Waals surface area contributed by atoms with Crippen LogP contribution in [0.5, 0.6) is 0 Å². The summed E-state index contributed by atoms with van der Waals surface area (Å²) >= 11 is 5.97. The number of alkyl halides is 3. The van der Waals surface area contributed by atoms with Crippen LogP contribution in [0.1, 0.15) is 5.69 Å². The highest BCUT2D eigenvalue weighted by atomic mass is 35.5. The minimum absolute atomic E-state index is 0.0244. The van der Waals surface area contributed by atoms with Gasteiger partial charge >= 0.3 is 6.18 Å². The Morgan fingerprint density at radius 2 is 1.76 bits per heavy atom. The molecule has 2 aromatic carbocycles. The third-order valence-corrected chi connectivity index (χ3v) is 4.36. The Morgan fingerprint density at radius 3 is 2.45 bits per heavy atom. The zero-order valence-electron chi connectivity index (χ0n) is 14.2. The van der Waals surface area contributed by atoms with Gasteiger partial charge in [-0.2, -0.15) is 18.3 Å². The van der Waals surface area contributed by atoms with Crippen molar-refractivity contribution in [1.82, 2.24) is 14.9 Å². The first-order chi connectivity index (χ1) is 13.7. The van der Waals surface area contributed by atoms with Crippen LogP contribution in [0.3, 0.4) is 0 Å². The second-order valence-electron chi connectivity index (χ2n) is 5.99. The Morgan fingerprint density at radius 1 is 1.00 bits per heavy atom. The van der Waals surface area contributed by atoms with Crippen LogP contribution in [0.25, 0.3) is 28.3 Å². The highest BCUT2D eigenvalue weighted by Gasteiger charge is 2.39. The molecule has 2 aromatic heterocycles. The molecule has 148 valence electrons. The number of hydrogen-bond acceptors (Lipinski definition) is 3. The molecule has 0 spiro atoms. The van der Waals surface area contributed by atoms with Crippen molar-refractivity contribution in [1.29, 1.82) is 0 Å². The summed E-state index contributed by atoms with van der Waals surface area (Å²) in [6.45, 7) is 0. The van der Waals surface area contributed by atoms with Gasteiger partial charge in [0.1, 0.15) is 17.3 Å². The average molecular weight is 426 g/mol. The van der Waals surface area contributed by atoms with Crippen molar-refractivity contribution >= 4 is 11.6 Å². The van der Waals surface area contributed by atoms with E-state index in [0.717, 1.165) is 35.1 Å². The molecule has 0 radical (unpaired) electrons. The van der Waals surface area contributed by atoms with Gasteiger partial charge in [0.15, 0.2) is 11.5 Å². The van der Waals surface area contributed by atoms with Gasteiger partial charge < -0.3 is 4.52 Å². The first kappa shape index (κ1) is 19.1. The van der Waals surface area contributed by atoms with Gasteiger partial charge in [-0.3, -0.25) is 0 Å². The van der Waals surface area contributed by atoms with E-state index in [2.05, 4.69) is 10.3 Å². The van der Waals surface area contributed by atoms with E-state index in [1.165, 1.54) is 24.3 Å². The quantitative estimate of drug-likeness (QED) is 0.370. The zero-order chi connectivity index (χ0) is 20.8. The number of nitrogens with zero attached hydrogens (tertiary/aromatic N) is 3. The molecule has 0 unspecified atom stereocenters. The maximum atomic E-state index is 14.1. The molecule has 0 amide bonds. The molecule has 0 N–H and O–H groups in total. The van der Waals surface area contributed by atoms with Gasteiger partial charge in [-0.1, -0.05) is 28.9 Å². The van der Waals surface area contributed by atoms with Crippen molar-refractivity contribution in [3.05, 3.63) is 77.1 Å². The minimum atomic E-state index is -4.82. The van der Waals surface area contributed by atoms with Gasteiger partial charge in [-0.25, -0.2) is 13.5 Å². The van der Waals surface area contributed by atoms with E-state index < -0.39 is 29.1 Å². The predicted molar refractivity (Wildman–Crippen MR) is 94.4 cm³/mol. The summed E-state index contributed by atoms with van der Waals surface area (Å²) in [6.07, 6.45) is -3.79. The molecule has 4 nitrogen and oxygen atoms in total. The lowest BCUT2D eigenvalue weighted by molar-refractivity contribution is -0.140. The smallest absolute Gasteiger partial charge is 0.356 e. The van der Waals surface area contributed by atoms with E-state index in [-0.39, 0.29) is 27.7 Å². The van der Waals surface area contributed by atoms with Gasteiger partial charge in [0.05, 0.1) is 21.8 Å². The van der Waals surface area contributed by atoms with Crippen LogP contribution < -0.4 is 0 Å². The Balaban J connectivity index is 1.84. The van der Waals surface area contributed by atoms with Crippen LogP contribution in [0.15, 0.2) is 59.3 Å².